The highest BCUT2D eigenvalue weighted by Crippen LogP contribution is 2.25. The highest BCUT2D eigenvalue weighted by atomic mass is 16.1. The lowest BCUT2D eigenvalue weighted by molar-refractivity contribution is 0.302. The van der Waals surface area contributed by atoms with Gasteiger partial charge in [0.1, 0.15) is 0 Å². The van der Waals surface area contributed by atoms with E-state index in [1.165, 1.54) is 0 Å². The summed E-state index contributed by atoms with van der Waals surface area (Å²) in [6.07, 6.45) is 4.49. The van der Waals surface area contributed by atoms with Gasteiger partial charge in [-0.15, -0.1) is 0 Å². The highest BCUT2D eigenvalue weighted by molar-refractivity contribution is 4.81. The molecule has 1 rings (SSSR count). The van der Waals surface area contributed by atoms with E-state index in [9.17, 15) is 4.79 Å². The van der Waals surface area contributed by atoms with Crippen molar-refractivity contribution in [3.63, 3.8) is 0 Å². The van der Waals surface area contributed by atoms with Crippen molar-refractivity contribution in [2.75, 3.05) is 0 Å². The number of imidazole rings is 1. The van der Waals surface area contributed by atoms with Crippen molar-refractivity contribution < 1.29 is 0 Å². The molecule has 0 bridgehead atoms. The second-order valence-corrected chi connectivity index (χ2v) is 4.79. The molecule has 0 aliphatic heterocycles. The molecule has 1 N–H and O–H groups in total. The van der Waals surface area contributed by atoms with Crippen LogP contribution in [0.4, 0.5) is 0 Å². The SMILES string of the molecule is CC(CC(C)(C)C)n1cc[nH]c1=O. The molecule has 0 aromatic carbocycles. The van der Waals surface area contributed by atoms with Crippen LogP contribution in [0.15, 0.2) is 17.2 Å². The molecule has 1 aromatic heterocycles. The number of hydrogen-bond donors (Lipinski definition) is 1. The molecule has 3 heteroatoms. The summed E-state index contributed by atoms with van der Waals surface area (Å²) in [4.78, 5) is 13.9. The molecule has 1 atom stereocenters. The van der Waals surface area contributed by atoms with Crippen LogP contribution in [0.3, 0.4) is 0 Å². The quantitative estimate of drug-likeness (QED) is 0.748. The summed E-state index contributed by atoms with van der Waals surface area (Å²) in [6, 6.07) is 0.263. The van der Waals surface area contributed by atoms with Crippen LogP contribution in [0.25, 0.3) is 0 Å². The van der Waals surface area contributed by atoms with Gasteiger partial charge >= 0.3 is 5.69 Å². The number of aromatic nitrogens is 2. The van der Waals surface area contributed by atoms with Crippen molar-refractivity contribution in [1.29, 1.82) is 0 Å². The molecule has 0 amide bonds. The van der Waals surface area contributed by atoms with Gasteiger partial charge in [0, 0.05) is 18.4 Å². The molecule has 1 aromatic rings. The minimum atomic E-state index is -0.0169. The first-order valence-electron chi connectivity index (χ1n) is 4.66. The van der Waals surface area contributed by atoms with Crippen LogP contribution in [-0.2, 0) is 0 Å². The van der Waals surface area contributed by atoms with Crippen molar-refractivity contribution in [3.05, 3.63) is 22.9 Å². The van der Waals surface area contributed by atoms with Crippen molar-refractivity contribution in [2.45, 2.75) is 40.2 Å². The fourth-order valence-electron chi connectivity index (χ4n) is 1.66. The highest BCUT2D eigenvalue weighted by Gasteiger charge is 2.16. The molecule has 0 radical (unpaired) electrons. The van der Waals surface area contributed by atoms with Gasteiger partial charge in [-0.1, -0.05) is 20.8 Å². The number of rotatable bonds is 2. The Balaban J connectivity index is 2.75. The molecule has 1 unspecified atom stereocenters. The van der Waals surface area contributed by atoms with E-state index in [1.54, 1.807) is 17.0 Å². The Hall–Kier alpha value is -0.990. The molecule has 0 fully saturated rings. The zero-order valence-corrected chi connectivity index (χ0v) is 8.79. The Bertz CT molecular complexity index is 316. The van der Waals surface area contributed by atoms with Crippen LogP contribution < -0.4 is 5.69 Å². The largest absolute Gasteiger partial charge is 0.325 e. The Morgan fingerprint density at radius 1 is 1.54 bits per heavy atom. The Labute approximate surface area is 78.8 Å². The third kappa shape index (κ3) is 2.76. The van der Waals surface area contributed by atoms with Crippen LogP contribution in [0.1, 0.15) is 40.2 Å². The van der Waals surface area contributed by atoms with Gasteiger partial charge in [0.05, 0.1) is 0 Å². The lowest BCUT2D eigenvalue weighted by Crippen LogP contribution is -2.23. The van der Waals surface area contributed by atoms with Gasteiger partial charge < -0.3 is 4.98 Å². The van der Waals surface area contributed by atoms with E-state index in [2.05, 4.69) is 32.7 Å². The maximum absolute atomic E-state index is 11.3. The first-order chi connectivity index (χ1) is 5.90. The predicted octanol–water partition coefficient (Wildman–Crippen LogP) is 2.17. The predicted molar refractivity (Wildman–Crippen MR) is 53.8 cm³/mol. The Morgan fingerprint density at radius 2 is 2.15 bits per heavy atom. The van der Waals surface area contributed by atoms with E-state index in [1.807, 2.05) is 0 Å². The van der Waals surface area contributed by atoms with Crippen molar-refractivity contribution in [2.24, 2.45) is 5.41 Å². The average Bonchev–Trinajstić information content (AvgIpc) is 2.30. The molecule has 0 spiro atoms. The zero-order chi connectivity index (χ0) is 10.1. The maximum Gasteiger partial charge on any atom is 0.325 e. The second-order valence-electron chi connectivity index (χ2n) is 4.79. The van der Waals surface area contributed by atoms with Crippen LogP contribution in [0, 0.1) is 5.41 Å². The van der Waals surface area contributed by atoms with Gasteiger partial charge in [0.25, 0.3) is 0 Å². The zero-order valence-electron chi connectivity index (χ0n) is 8.79. The topological polar surface area (TPSA) is 37.8 Å². The molecule has 0 saturated carbocycles. The van der Waals surface area contributed by atoms with Gasteiger partial charge in [-0.3, -0.25) is 4.57 Å². The van der Waals surface area contributed by atoms with Gasteiger partial charge in [-0.05, 0) is 18.8 Å². The van der Waals surface area contributed by atoms with E-state index in [4.69, 9.17) is 0 Å². The van der Waals surface area contributed by atoms with Crippen LogP contribution in [0.5, 0.6) is 0 Å². The number of nitrogens with one attached hydrogen (secondary N) is 1. The van der Waals surface area contributed by atoms with Crippen molar-refractivity contribution >= 4 is 0 Å². The smallest absolute Gasteiger partial charge is 0.313 e. The third-order valence-corrected chi connectivity index (χ3v) is 2.06. The Morgan fingerprint density at radius 3 is 2.54 bits per heavy atom. The normalized spacial score (nSPS) is 14.5. The molecular weight excluding hydrogens is 164 g/mol. The van der Waals surface area contributed by atoms with E-state index in [0.717, 1.165) is 6.42 Å². The minimum absolute atomic E-state index is 0.0169. The van der Waals surface area contributed by atoms with Crippen molar-refractivity contribution in [1.82, 2.24) is 9.55 Å². The molecular formula is C10H18N2O. The van der Waals surface area contributed by atoms with Crippen LogP contribution >= 0.6 is 0 Å². The minimum Gasteiger partial charge on any atom is -0.313 e. The summed E-state index contributed by atoms with van der Waals surface area (Å²) >= 11 is 0. The Kier molecular flexibility index (Phi) is 2.64. The number of nitrogens with zero attached hydrogens (tertiary/aromatic N) is 1. The fourth-order valence-corrected chi connectivity index (χ4v) is 1.66. The van der Waals surface area contributed by atoms with Gasteiger partial charge in [0.2, 0.25) is 0 Å². The van der Waals surface area contributed by atoms with E-state index >= 15 is 0 Å². The molecule has 0 aliphatic carbocycles. The monoisotopic (exact) mass is 182 g/mol. The summed E-state index contributed by atoms with van der Waals surface area (Å²) in [5.74, 6) is 0. The number of aromatic amines is 1. The molecule has 13 heavy (non-hydrogen) atoms. The molecule has 1 heterocycles. The number of H-pyrrole nitrogens is 1. The maximum atomic E-state index is 11.3. The van der Waals surface area contributed by atoms with Gasteiger partial charge in [-0.25, -0.2) is 4.79 Å². The summed E-state index contributed by atoms with van der Waals surface area (Å²) in [6.45, 7) is 8.62. The molecule has 0 saturated heterocycles. The van der Waals surface area contributed by atoms with E-state index in [-0.39, 0.29) is 17.1 Å². The molecule has 0 aliphatic rings. The van der Waals surface area contributed by atoms with Crippen LogP contribution in [0.2, 0.25) is 0 Å². The van der Waals surface area contributed by atoms with Gasteiger partial charge in [-0.2, -0.15) is 0 Å². The number of hydrogen-bond acceptors (Lipinski definition) is 1. The second kappa shape index (κ2) is 3.40. The molecule has 74 valence electrons. The first kappa shape index (κ1) is 10.1. The fraction of sp³-hybridized carbons (Fsp3) is 0.700. The van der Waals surface area contributed by atoms with Crippen molar-refractivity contribution in [3.8, 4) is 0 Å². The lowest BCUT2D eigenvalue weighted by Gasteiger charge is -2.23. The lowest BCUT2D eigenvalue weighted by atomic mass is 9.89. The third-order valence-electron chi connectivity index (χ3n) is 2.06. The average molecular weight is 182 g/mol. The van der Waals surface area contributed by atoms with E-state index in [0.29, 0.717) is 0 Å². The van der Waals surface area contributed by atoms with Gasteiger partial charge in [0.15, 0.2) is 0 Å². The summed E-state index contributed by atoms with van der Waals surface area (Å²) < 4.78 is 1.74. The molecule has 3 nitrogen and oxygen atoms in total. The van der Waals surface area contributed by atoms with Crippen LogP contribution in [-0.4, -0.2) is 9.55 Å². The summed E-state index contributed by atoms with van der Waals surface area (Å²) in [5, 5.41) is 0. The summed E-state index contributed by atoms with van der Waals surface area (Å²) in [7, 11) is 0. The first-order valence-corrected chi connectivity index (χ1v) is 4.66. The summed E-state index contributed by atoms with van der Waals surface area (Å²) in [5.41, 5.74) is 0.243. The standard InChI is InChI=1S/C10H18N2O/c1-8(7-10(2,3)4)12-6-5-11-9(12)13/h5-6,8H,7H2,1-4H3,(H,11,13). The van der Waals surface area contributed by atoms with E-state index < -0.39 is 0 Å².